The molecular formula is C12H15NO5. The van der Waals surface area contributed by atoms with Gasteiger partial charge in [-0.2, -0.15) is 0 Å². The average Bonchev–Trinajstić information content (AvgIpc) is 2.34. The average molecular weight is 253 g/mol. The molecule has 0 aliphatic heterocycles. The lowest BCUT2D eigenvalue weighted by Crippen LogP contribution is -2.04. The minimum absolute atomic E-state index is 0.0802. The zero-order valence-corrected chi connectivity index (χ0v) is 10.3. The third kappa shape index (κ3) is 3.54. The number of aliphatic hydroxyl groups excluding tert-OH is 1. The van der Waals surface area contributed by atoms with Crippen LogP contribution < -0.4 is 4.74 Å². The van der Waals surface area contributed by atoms with Crippen LogP contribution in [-0.2, 0) is 4.74 Å². The van der Waals surface area contributed by atoms with Crippen molar-refractivity contribution in [2.75, 3.05) is 13.7 Å². The Bertz CT molecular complexity index is 458. The molecule has 1 aromatic rings. The zero-order valence-electron chi connectivity index (χ0n) is 10.3. The molecule has 0 radical (unpaired) electrons. The van der Waals surface area contributed by atoms with E-state index in [9.17, 15) is 15.2 Å². The predicted molar refractivity (Wildman–Crippen MR) is 65.4 cm³/mol. The molecule has 6 nitrogen and oxygen atoms in total. The Hall–Kier alpha value is -1.92. The lowest BCUT2D eigenvalue weighted by atomic mass is 10.2. The van der Waals surface area contributed by atoms with Gasteiger partial charge in [-0.25, -0.2) is 0 Å². The molecule has 1 aromatic carbocycles. The second kappa shape index (κ2) is 6.13. The van der Waals surface area contributed by atoms with Crippen LogP contribution in [0.2, 0.25) is 0 Å². The lowest BCUT2D eigenvalue weighted by molar-refractivity contribution is -0.385. The predicted octanol–water partition coefficient (Wildman–Crippen LogP) is 2.19. The van der Waals surface area contributed by atoms with Crippen molar-refractivity contribution in [1.82, 2.24) is 0 Å². The number of ether oxygens (including phenoxy) is 2. The number of aliphatic hydroxyl groups is 1. The van der Waals surface area contributed by atoms with Gasteiger partial charge in [-0.15, -0.1) is 0 Å². The zero-order chi connectivity index (χ0) is 13.7. The fourth-order valence-corrected chi connectivity index (χ4v) is 1.29. The van der Waals surface area contributed by atoms with Crippen LogP contribution in [0.3, 0.4) is 0 Å². The summed E-state index contributed by atoms with van der Waals surface area (Å²) >= 11 is 0. The number of methoxy groups -OCH3 is 1. The first-order valence-corrected chi connectivity index (χ1v) is 5.22. The molecule has 1 unspecified atom stereocenters. The molecule has 0 amide bonds. The maximum absolute atomic E-state index is 10.8. The molecule has 0 bridgehead atoms. The van der Waals surface area contributed by atoms with Crippen molar-refractivity contribution in [3.8, 4) is 5.75 Å². The smallest absolute Gasteiger partial charge is 0.310 e. The van der Waals surface area contributed by atoms with E-state index in [1.54, 1.807) is 6.92 Å². The first-order valence-electron chi connectivity index (χ1n) is 5.22. The number of nitrogens with zero attached hydrogens (tertiary/aromatic N) is 1. The molecule has 18 heavy (non-hydrogen) atoms. The molecule has 1 atom stereocenters. The van der Waals surface area contributed by atoms with Crippen LogP contribution in [0.15, 0.2) is 30.4 Å². The third-order valence-electron chi connectivity index (χ3n) is 2.16. The van der Waals surface area contributed by atoms with Gasteiger partial charge in [0.05, 0.1) is 4.92 Å². The van der Waals surface area contributed by atoms with Gasteiger partial charge < -0.3 is 14.6 Å². The van der Waals surface area contributed by atoms with E-state index >= 15 is 0 Å². The van der Waals surface area contributed by atoms with Crippen LogP contribution in [0.25, 0.3) is 0 Å². The quantitative estimate of drug-likeness (QED) is 0.363. The molecule has 0 saturated heterocycles. The molecule has 0 fully saturated rings. The van der Waals surface area contributed by atoms with Gasteiger partial charge in [0.2, 0.25) is 0 Å². The van der Waals surface area contributed by atoms with Crippen molar-refractivity contribution >= 4 is 5.69 Å². The number of nitro benzene ring substituents is 1. The minimum atomic E-state index is -1.14. The molecule has 6 heteroatoms. The largest absolute Gasteiger partial charge is 0.482 e. The first kappa shape index (κ1) is 14.1. The summed E-state index contributed by atoms with van der Waals surface area (Å²) in [7, 11) is 1.33. The maximum atomic E-state index is 10.8. The summed E-state index contributed by atoms with van der Waals surface area (Å²) in [6.45, 7) is 5.57. The summed E-state index contributed by atoms with van der Waals surface area (Å²) in [5.41, 5.74) is 0.963. The van der Waals surface area contributed by atoms with Crippen molar-refractivity contribution in [2.45, 2.75) is 13.2 Å². The van der Waals surface area contributed by atoms with Gasteiger partial charge in [-0.3, -0.25) is 10.1 Å². The molecule has 0 saturated carbocycles. The topological polar surface area (TPSA) is 81.8 Å². The van der Waals surface area contributed by atoms with Gasteiger partial charge in [0.15, 0.2) is 12.0 Å². The molecule has 1 rings (SSSR count). The van der Waals surface area contributed by atoms with Crippen LogP contribution >= 0.6 is 0 Å². The Morgan fingerprint density at radius 2 is 2.28 bits per heavy atom. The van der Waals surface area contributed by atoms with E-state index in [4.69, 9.17) is 9.47 Å². The number of benzene rings is 1. The standard InChI is InChI=1S/C12H15NO5/c1-8(2)7-18-11-6-9(12(14)17-3)4-5-10(11)13(15)16/h4-6,12,14H,1,7H2,2-3H3. The number of hydrogen-bond donors (Lipinski definition) is 1. The Morgan fingerprint density at radius 1 is 1.61 bits per heavy atom. The van der Waals surface area contributed by atoms with Crippen molar-refractivity contribution in [1.29, 1.82) is 0 Å². The van der Waals surface area contributed by atoms with Gasteiger partial charge in [-0.05, 0) is 24.6 Å². The van der Waals surface area contributed by atoms with E-state index < -0.39 is 11.2 Å². The van der Waals surface area contributed by atoms with E-state index in [2.05, 4.69) is 6.58 Å². The minimum Gasteiger partial charge on any atom is -0.482 e. The monoisotopic (exact) mass is 253 g/mol. The van der Waals surface area contributed by atoms with Gasteiger partial charge in [0.25, 0.3) is 0 Å². The van der Waals surface area contributed by atoms with E-state index in [1.807, 2.05) is 0 Å². The second-order valence-electron chi connectivity index (χ2n) is 3.82. The van der Waals surface area contributed by atoms with E-state index in [0.29, 0.717) is 5.56 Å². The first-order chi connectivity index (χ1) is 8.45. The van der Waals surface area contributed by atoms with E-state index in [-0.39, 0.29) is 18.0 Å². The van der Waals surface area contributed by atoms with Crippen molar-refractivity contribution < 1.29 is 19.5 Å². The summed E-state index contributed by atoms with van der Waals surface area (Å²) in [6, 6.07) is 4.07. The Morgan fingerprint density at radius 3 is 2.78 bits per heavy atom. The van der Waals surface area contributed by atoms with Crippen molar-refractivity contribution in [2.24, 2.45) is 0 Å². The normalized spacial score (nSPS) is 11.9. The van der Waals surface area contributed by atoms with Crippen molar-refractivity contribution in [3.63, 3.8) is 0 Å². The van der Waals surface area contributed by atoms with Crippen LogP contribution in [-0.4, -0.2) is 23.7 Å². The van der Waals surface area contributed by atoms with Crippen LogP contribution in [0, 0.1) is 10.1 Å². The maximum Gasteiger partial charge on any atom is 0.310 e. The highest BCUT2D eigenvalue weighted by atomic mass is 16.6. The molecule has 98 valence electrons. The molecule has 0 aliphatic rings. The van der Waals surface area contributed by atoms with Crippen molar-refractivity contribution in [3.05, 3.63) is 46.0 Å². The second-order valence-corrected chi connectivity index (χ2v) is 3.82. The van der Waals surface area contributed by atoms with Gasteiger partial charge >= 0.3 is 5.69 Å². The summed E-state index contributed by atoms with van der Waals surface area (Å²) in [5, 5.41) is 20.3. The van der Waals surface area contributed by atoms with E-state index in [1.165, 1.54) is 25.3 Å². The van der Waals surface area contributed by atoms with Gasteiger partial charge in [0, 0.05) is 18.7 Å². The Labute approximate surface area is 105 Å². The van der Waals surface area contributed by atoms with Gasteiger partial charge in [0.1, 0.15) is 6.61 Å². The van der Waals surface area contributed by atoms with Crippen LogP contribution in [0.4, 0.5) is 5.69 Å². The molecule has 1 N–H and O–H groups in total. The highest BCUT2D eigenvalue weighted by molar-refractivity contribution is 5.48. The number of nitro groups is 1. The van der Waals surface area contributed by atoms with Crippen LogP contribution in [0.1, 0.15) is 18.8 Å². The third-order valence-corrected chi connectivity index (χ3v) is 2.16. The summed E-state index contributed by atoms with van der Waals surface area (Å²) in [5.74, 6) is 0.0802. The lowest BCUT2D eigenvalue weighted by Gasteiger charge is -2.11. The molecular weight excluding hydrogens is 238 g/mol. The highest BCUT2D eigenvalue weighted by Crippen LogP contribution is 2.30. The van der Waals surface area contributed by atoms with Gasteiger partial charge in [-0.1, -0.05) is 6.58 Å². The number of rotatable bonds is 6. The fraction of sp³-hybridized carbons (Fsp3) is 0.333. The summed E-state index contributed by atoms with van der Waals surface area (Å²) in [4.78, 5) is 10.3. The fourth-order valence-electron chi connectivity index (χ4n) is 1.29. The summed E-state index contributed by atoms with van der Waals surface area (Å²) < 4.78 is 10.0. The Balaban J connectivity index is 3.07. The number of hydrogen-bond acceptors (Lipinski definition) is 5. The van der Waals surface area contributed by atoms with E-state index in [0.717, 1.165) is 5.57 Å². The summed E-state index contributed by atoms with van der Waals surface area (Å²) in [6.07, 6.45) is -1.14. The molecule has 0 spiro atoms. The highest BCUT2D eigenvalue weighted by Gasteiger charge is 2.18. The molecule has 0 aliphatic carbocycles. The molecule has 0 aromatic heterocycles. The Kier molecular flexibility index (Phi) is 4.82. The van der Waals surface area contributed by atoms with Crippen LogP contribution in [0.5, 0.6) is 5.75 Å². The molecule has 0 heterocycles. The SMILES string of the molecule is C=C(C)COc1cc(C(O)OC)ccc1[N+](=O)[O-].